The largest absolute Gasteiger partial charge is 0.479 e. The molecule has 400 valence electrons. The summed E-state index contributed by atoms with van der Waals surface area (Å²) in [6.07, 6.45) is 49.3. The number of carboxylic acids is 1. The van der Waals surface area contributed by atoms with Crippen LogP contribution >= 0.6 is 0 Å². The normalized spacial score (nSPS) is 19.4. The van der Waals surface area contributed by atoms with Gasteiger partial charge in [-0.1, -0.05) is 162 Å². The molecule has 6 unspecified atom stereocenters. The van der Waals surface area contributed by atoms with Gasteiger partial charge in [0.1, 0.15) is 18.8 Å². The van der Waals surface area contributed by atoms with Crippen molar-refractivity contribution in [3.63, 3.8) is 0 Å². The molecule has 0 aromatic carbocycles. The number of carboxylic acid groups (broad SMARTS) is 1. The third kappa shape index (κ3) is 36.9. The fourth-order valence-electron chi connectivity index (χ4n) is 7.23. The number of hydrogen-bond donors (Lipinski definition) is 3. The Morgan fingerprint density at radius 2 is 0.887 bits per heavy atom. The summed E-state index contributed by atoms with van der Waals surface area (Å²) >= 11 is 0. The van der Waals surface area contributed by atoms with Crippen LogP contribution in [0.3, 0.4) is 0 Å². The van der Waals surface area contributed by atoms with E-state index < -0.39 is 67.3 Å². The summed E-state index contributed by atoms with van der Waals surface area (Å²) in [5, 5.41) is 31.4. The zero-order chi connectivity index (χ0) is 51.8. The minimum Gasteiger partial charge on any atom is -0.479 e. The van der Waals surface area contributed by atoms with Crippen LogP contribution in [0.1, 0.15) is 188 Å². The molecular weight excluding hydrogens is 901 g/mol. The van der Waals surface area contributed by atoms with E-state index in [1.54, 1.807) is 0 Å². The number of esters is 3. The fourth-order valence-corrected chi connectivity index (χ4v) is 7.23. The number of aliphatic hydroxyl groups excluding tert-OH is 2. The summed E-state index contributed by atoms with van der Waals surface area (Å²) in [6.45, 7) is 5.60. The van der Waals surface area contributed by atoms with Crippen LogP contribution < -0.4 is 0 Å². The molecule has 12 nitrogen and oxygen atoms in total. The number of unbranched alkanes of at least 4 members (excludes halogenated alkanes) is 11. The molecule has 0 saturated carbocycles. The molecule has 0 aliphatic carbocycles. The average Bonchev–Trinajstić information content (AvgIpc) is 3.35. The third-order valence-corrected chi connectivity index (χ3v) is 11.3. The van der Waals surface area contributed by atoms with Crippen LogP contribution in [0.4, 0.5) is 0 Å². The van der Waals surface area contributed by atoms with Crippen molar-refractivity contribution in [1.29, 1.82) is 0 Å². The molecule has 1 saturated heterocycles. The van der Waals surface area contributed by atoms with E-state index in [0.717, 1.165) is 128 Å². The van der Waals surface area contributed by atoms with Crippen LogP contribution in [-0.2, 0) is 42.9 Å². The highest BCUT2D eigenvalue weighted by molar-refractivity contribution is 5.74. The quantitative estimate of drug-likeness (QED) is 0.0229. The van der Waals surface area contributed by atoms with E-state index >= 15 is 0 Å². The Morgan fingerprint density at radius 1 is 0.479 bits per heavy atom. The van der Waals surface area contributed by atoms with Crippen LogP contribution in [0.25, 0.3) is 0 Å². The van der Waals surface area contributed by atoms with E-state index in [0.29, 0.717) is 19.3 Å². The second-order valence-corrected chi connectivity index (χ2v) is 17.7. The SMILES string of the molecule is CC/C=C\C/C=C\C/C=C\C/C=C\CCCCC(=O)OCC(COC1OC(C(=O)O)C(O)C(O)C1OC(=O)CCCCC/C=C\C/C=C\C/C=C\CC)OC(=O)CCCCCCC/C=C\C/C=C\CCC. The molecule has 0 spiro atoms. The first-order valence-electron chi connectivity index (χ1n) is 26.9. The summed E-state index contributed by atoms with van der Waals surface area (Å²) < 4.78 is 28.2. The molecule has 12 heteroatoms. The molecule has 1 fully saturated rings. The standard InChI is InChI=1S/C59H92O12/c1-4-7-10-13-16-19-22-25-26-29-30-33-36-39-42-45-51(60)67-48-50(69-52(61)46-43-40-37-34-31-27-23-20-17-14-11-8-5-2)49-68-59-57(55(64)54(63)56(71-59)58(65)66)70-53(62)47-44-41-38-35-32-28-24-21-18-15-12-9-6-3/h7,9-12,14,16,18-21,23,25-26,28,30,32-33,50,54-57,59,63-64H,4-6,8,13,15,17,22,24,27,29,31,34-49H2,1-3H3,(H,65,66)/b10-7-,12-9-,14-11-,19-16-,21-18-,23-20-,26-25-,32-28-,33-30-. The Bertz CT molecular complexity index is 1650. The summed E-state index contributed by atoms with van der Waals surface area (Å²) in [4.78, 5) is 50.9. The van der Waals surface area contributed by atoms with Gasteiger partial charge in [-0.25, -0.2) is 4.79 Å². The minimum atomic E-state index is -1.92. The molecule has 0 bridgehead atoms. The fraction of sp³-hybridized carbons (Fsp3) is 0.627. The monoisotopic (exact) mass is 993 g/mol. The average molecular weight is 993 g/mol. The maximum atomic E-state index is 13.1. The number of aliphatic hydroxyl groups is 2. The van der Waals surface area contributed by atoms with Crippen LogP contribution in [0.5, 0.6) is 0 Å². The number of carbonyl (C=O) groups is 4. The molecule has 1 heterocycles. The van der Waals surface area contributed by atoms with Gasteiger partial charge in [0.05, 0.1) is 6.61 Å². The van der Waals surface area contributed by atoms with E-state index in [2.05, 4.69) is 130 Å². The van der Waals surface area contributed by atoms with Crippen molar-refractivity contribution >= 4 is 23.9 Å². The maximum absolute atomic E-state index is 13.1. The van der Waals surface area contributed by atoms with Crippen molar-refractivity contribution in [3.05, 3.63) is 109 Å². The van der Waals surface area contributed by atoms with Gasteiger partial charge >= 0.3 is 23.9 Å². The highest BCUT2D eigenvalue weighted by Crippen LogP contribution is 2.26. The van der Waals surface area contributed by atoms with Crippen molar-refractivity contribution in [2.75, 3.05) is 13.2 Å². The number of ether oxygens (including phenoxy) is 5. The van der Waals surface area contributed by atoms with Crippen molar-refractivity contribution < 1.29 is 58.2 Å². The molecule has 71 heavy (non-hydrogen) atoms. The molecular formula is C59H92O12. The highest BCUT2D eigenvalue weighted by Gasteiger charge is 2.50. The zero-order valence-corrected chi connectivity index (χ0v) is 43.7. The third-order valence-electron chi connectivity index (χ3n) is 11.3. The number of hydrogen-bond acceptors (Lipinski definition) is 11. The first-order chi connectivity index (χ1) is 34.6. The molecule has 6 atom stereocenters. The number of carbonyl (C=O) groups excluding carboxylic acids is 3. The van der Waals surface area contributed by atoms with Crippen LogP contribution in [-0.4, -0.2) is 89.2 Å². The lowest BCUT2D eigenvalue weighted by atomic mass is 9.98. The van der Waals surface area contributed by atoms with Gasteiger partial charge < -0.3 is 39.0 Å². The second-order valence-electron chi connectivity index (χ2n) is 17.7. The van der Waals surface area contributed by atoms with Crippen LogP contribution in [0.2, 0.25) is 0 Å². The summed E-state index contributed by atoms with van der Waals surface area (Å²) in [5.41, 5.74) is 0. The molecule has 1 rings (SSSR count). The van der Waals surface area contributed by atoms with Gasteiger partial charge in [-0.2, -0.15) is 0 Å². The summed E-state index contributed by atoms with van der Waals surface area (Å²) in [6, 6.07) is 0. The molecule has 0 aromatic heterocycles. The molecule has 0 radical (unpaired) electrons. The lowest BCUT2D eigenvalue weighted by Gasteiger charge is -2.40. The molecule has 0 amide bonds. The van der Waals surface area contributed by atoms with Gasteiger partial charge in [-0.05, 0) is 116 Å². The van der Waals surface area contributed by atoms with Crippen molar-refractivity contribution in [2.24, 2.45) is 0 Å². The zero-order valence-electron chi connectivity index (χ0n) is 43.7. The highest BCUT2D eigenvalue weighted by atomic mass is 16.7. The van der Waals surface area contributed by atoms with E-state index in [9.17, 15) is 34.5 Å². The predicted octanol–water partition coefficient (Wildman–Crippen LogP) is 13.1. The number of aliphatic carboxylic acids is 1. The van der Waals surface area contributed by atoms with Gasteiger partial charge in [0.15, 0.2) is 24.6 Å². The van der Waals surface area contributed by atoms with E-state index in [4.69, 9.17) is 23.7 Å². The van der Waals surface area contributed by atoms with Crippen molar-refractivity contribution in [3.8, 4) is 0 Å². The van der Waals surface area contributed by atoms with Crippen molar-refractivity contribution in [2.45, 2.75) is 225 Å². The summed E-state index contributed by atoms with van der Waals surface area (Å²) in [7, 11) is 0. The van der Waals surface area contributed by atoms with Gasteiger partial charge in [-0.3, -0.25) is 14.4 Å². The first-order valence-corrected chi connectivity index (χ1v) is 26.9. The first kappa shape index (κ1) is 64.4. The van der Waals surface area contributed by atoms with Gasteiger partial charge in [0.25, 0.3) is 0 Å². The number of rotatable bonds is 43. The van der Waals surface area contributed by atoms with Crippen molar-refractivity contribution in [1.82, 2.24) is 0 Å². The predicted molar refractivity (Wildman–Crippen MR) is 284 cm³/mol. The molecule has 1 aliphatic heterocycles. The van der Waals surface area contributed by atoms with Gasteiger partial charge in [-0.15, -0.1) is 0 Å². The summed E-state index contributed by atoms with van der Waals surface area (Å²) in [5.74, 6) is -3.26. The van der Waals surface area contributed by atoms with E-state index in [-0.39, 0.29) is 25.9 Å². The van der Waals surface area contributed by atoms with Gasteiger partial charge in [0, 0.05) is 19.3 Å². The molecule has 1 aliphatic rings. The van der Waals surface area contributed by atoms with Crippen LogP contribution in [0.15, 0.2) is 109 Å². The Labute approximate surface area is 427 Å². The minimum absolute atomic E-state index is 0.0137. The van der Waals surface area contributed by atoms with E-state index in [1.807, 2.05) is 0 Å². The molecule has 0 aromatic rings. The van der Waals surface area contributed by atoms with E-state index in [1.165, 1.54) is 0 Å². The Balaban J connectivity index is 2.79. The topological polar surface area (TPSA) is 175 Å². The number of allylic oxidation sites excluding steroid dienone is 18. The second kappa shape index (κ2) is 46.5. The Morgan fingerprint density at radius 3 is 1.39 bits per heavy atom. The smallest absolute Gasteiger partial charge is 0.335 e. The Hall–Kier alpha value is -4.62. The lowest BCUT2D eigenvalue weighted by Crippen LogP contribution is -2.61. The van der Waals surface area contributed by atoms with Crippen LogP contribution in [0, 0.1) is 0 Å². The lowest BCUT2D eigenvalue weighted by molar-refractivity contribution is -0.301. The molecule has 3 N–H and O–H groups in total. The maximum Gasteiger partial charge on any atom is 0.335 e. The van der Waals surface area contributed by atoms with Gasteiger partial charge in [0.2, 0.25) is 0 Å². The Kier molecular flexibility index (Phi) is 42.1.